The number of nitrogens with one attached hydrogen (secondary N) is 1. The Morgan fingerprint density at radius 3 is 2.64 bits per heavy atom. The van der Waals surface area contributed by atoms with Crippen molar-refractivity contribution in [2.24, 2.45) is 10.9 Å². The fraction of sp³-hybridized carbons (Fsp3) is 0.294. The Balaban J connectivity index is 1.12. The Bertz CT molecular complexity index is 1760. The molecule has 3 saturated heterocycles. The van der Waals surface area contributed by atoms with E-state index >= 15 is 4.39 Å². The zero-order valence-electron chi connectivity index (χ0n) is 24.6. The van der Waals surface area contributed by atoms with Crippen molar-refractivity contribution in [2.75, 3.05) is 39.1 Å². The smallest absolute Gasteiger partial charge is 0.253 e. The molecular formula is C34H32ClFN6O2. The summed E-state index contributed by atoms with van der Waals surface area (Å²) >= 11 is 6.42. The number of rotatable bonds is 6. The Labute approximate surface area is 260 Å². The van der Waals surface area contributed by atoms with Gasteiger partial charge in [-0.2, -0.15) is 0 Å². The number of nitrogens with zero attached hydrogens (tertiary/aromatic N) is 5. The van der Waals surface area contributed by atoms with Crippen LogP contribution < -0.4 is 10.1 Å². The second-order valence-corrected chi connectivity index (χ2v) is 12.0. The molecule has 1 N–H and O–H groups in total. The van der Waals surface area contributed by atoms with Crippen LogP contribution in [0.5, 0.6) is 5.75 Å². The zero-order chi connectivity index (χ0) is 30.4. The topological polar surface area (TPSA) is 83.0 Å². The van der Waals surface area contributed by atoms with Crippen molar-refractivity contribution in [3.05, 3.63) is 101 Å². The molecule has 2 aromatic carbocycles. The first kappa shape index (κ1) is 28.4. The number of carbonyl (C=O) groups is 1. The lowest BCUT2D eigenvalue weighted by Gasteiger charge is -2.48. The third-order valence-corrected chi connectivity index (χ3v) is 9.31. The molecule has 1 amide bonds. The van der Waals surface area contributed by atoms with E-state index < -0.39 is 5.82 Å². The molecule has 5 heterocycles. The summed E-state index contributed by atoms with van der Waals surface area (Å²) in [6.07, 6.45) is 9.98. The summed E-state index contributed by atoms with van der Waals surface area (Å²) in [4.78, 5) is 31.5. The molecule has 1 unspecified atom stereocenters. The molecule has 1 aromatic heterocycles. The molecular weight excluding hydrogens is 579 g/mol. The maximum atomic E-state index is 15.2. The highest BCUT2D eigenvalue weighted by Crippen LogP contribution is 2.43. The maximum Gasteiger partial charge on any atom is 0.253 e. The standard InChI is InChI=1S/C34H32ClFN6O2/c1-41(28-19-42-14-12-20(28)13-15-42)33(43)21-6-9-23(10-7-21)39-34-38-17-22-8-11-24-25(31-27(36)4-3-5-29(31)44-2)16-30(35)37-18-26(24)32(22)40-34/h3-7,9-11,16-18,20,28H,8,12-15,19H2,1-2H3,(H,38,39,40). The van der Waals surface area contributed by atoms with E-state index in [-0.39, 0.29) is 17.1 Å². The molecule has 224 valence electrons. The fourth-order valence-corrected chi connectivity index (χ4v) is 6.90. The molecule has 44 heavy (non-hydrogen) atoms. The van der Waals surface area contributed by atoms with Crippen molar-refractivity contribution < 1.29 is 13.9 Å². The van der Waals surface area contributed by atoms with Crippen LogP contribution in [0, 0.1) is 11.7 Å². The first-order chi connectivity index (χ1) is 21.4. The number of piperidine rings is 3. The highest BCUT2D eigenvalue weighted by atomic mass is 35.5. The number of allylic oxidation sites excluding steroid dienone is 5. The van der Waals surface area contributed by atoms with Gasteiger partial charge in [0.05, 0.1) is 18.4 Å². The SMILES string of the molecule is COc1cccc(F)c1C1=CC(Cl)=NC=C2C1=CCc1cnc(Nc3ccc(C(=O)N(C)C4CN5CCC4CC5)cc3)nc12. The monoisotopic (exact) mass is 610 g/mol. The van der Waals surface area contributed by atoms with E-state index in [0.29, 0.717) is 52.0 Å². The van der Waals surface area contributed by atoms with Gasteiger partial charge in [-0.1, -0.05) is 23.7 Å². The second kappa shape index (κ2) is 11.6. The molecule has 3 aromatic rings. The molecule has 1 atom stereocenters. The summed E-state index contributed by atoms with van der Waals surface area (Å²) in [5, 5.41) is 3.49. The van der Waals surface area contributed by atoms with E-state index in [2.05, 4.69) is 20.2 Å². The summed E-state index contributed by atoms with van der Waals surface area (Å²) in [6, 6.07) is 12.4. The fourth-order valence-electron chi connectivity index (χ4n) is 6.74. The predicted molar refractivity (Wildman–Crippen MR) is 171 cm³/mol. The van der Waals surface area contributed by atoms with E-state index in [1.165, 1.54) is 13.2 Å². The first-order valence-electron chi connectivity index (χ1n) is 14.8. The maximum absolute atomic E-state index is 15.2. The highest BCUT2D eigenvalue weighted by molar-refractivity contribution is 6.69. The Morgan fingerprint density at radius 1 is 1.11 bits per heavy atom. The minimum absolute atomic E-state index is 0.0366. The first-order valence-corrected chi connectivity index (χ1v) is 15.2. The van der Waals surface area contributed by atoms with Crippen molar-refractivity contribution in [1.29, 1.82) is 0 Å². The second-order valence-electron chi connectivity index (χ2n) is 11.6. The van der Waals surface area contributed by atoms with Gasteiger partial charge in [0.15, 0.2) is 0 Å². The number of anilines is 2. The zero-order valence-corrected chi connectivity index (χ0v) is 25.3. The van der Waals surface area contributed by atoms with Gasteiger partial charge in [-0.15, -0.1) is 0 Å². The highest BCUT2D eigenvalue weighted by Gasteiger charge is 2.38. The van der Waals surface area contributed by atoms with Gasteiger partial charge in [0.25, 0.3) is 5.91 Å². The minimum Gasteiger partial charge on any atom is -0.496 e. The normalized spacial score (nSPS) is 22.0. The van der Waals surface area contributed by atoms with Crippen LogP contribution in [0.4, 0.5) is 16.0 Å². The van der Waals surface area contributed by atoms with Gasteiger partial charge in [-0.25, -0.2) is 19.4 Å². The summed E-state index contributed by atoms with van der Waals surface area (Å²) in [7, 11) is 3.43. The molecule has 8 nitrogen and oxygen atoms in total. The van der Waals surface area contributed by atoms with Crippen LogP contribution in [0.15, 0.2) is 77.6 Å². The van der Waals surface area contributed by atoms with E-state index in [0.717, 1.165) is 49.3 Å². The number of hydrogen-bond acceptors (Lipinski definition) is 7. The van der Waals surface area contributed by atoms with Crippen LogP contribution in [0.2, 0.25) is 0 Å². The molecule has 0 radical (unpaired) electrons. The molecule has 10 heteroatoms. The number of methoxy groups -OCH3 is 1. The number of hydrogen-bond donors (Lipinski definition) is 1. The molecule has 1 aliphatic carbocycles. The van der Waals surface area contributed by atoms with Crippen LogP contribution in [-0.4, -0.2) is 70.7 Å². The van der Waals surface area contributed by atoms with Crippen molar-refractivity contribution in [1.82, 2.24) is 19.8 Å². The molecule has 8 rings (SSSR count). The van der Waals surface area contributed by atoms with Gasteiger partial charge < -0.3 is 19.9 Å². The van der Waals surface area contributed by atoms with Crippen LogP contribution in [0.1, 0.15) is 40.0 Å². The van der Waals surface area contributed by atoms with Gasteiger partial charge in [0.1, 0.15) is 16.7 Å². The molecule has 4 aliphatic heterocycles. The largest absolute Gasteiger partial charge is 0.496 e. The number of halogens is 2. The van der Waals surface area contributed by atoms with Crippen molar-refractivity contribution in [2.45, 2.75) is 25.3 Å². The van der Waals surface area contributed by atoms with Gasteiger partial charge in [-0.05, 0) is 91.9 Å². The van der Waals surface area contributed by atoms with Crippen molar-refractivity contribution >= 4 is 45.5 Å². The lowest BCUT2D eigenvalue weighted by Crippen LogP contribution is -2.57. The number of likely N-dealkylation sites (N-methyl/N-ethyl adjacent to an activating group) is 1. The van der Waals surface area contributed by atoms with Gasteiger partial charge in [0, 0.05) is 54.4 Å². The third-order valence-electron chi connectivity index (χ3n) is 9.10. The molecule has 5 aliphatic rings. The molecule has 0 saturated carbocycles. The van der Waals surface area contributed by atoms with E-state index in [1.54, 1.807) is 30.6 Å². The number of fused-ring (bicyclic) bond motifs is 6. The third kappa shape index (κ3) is 5.20. The predicted octanol–water partition coefficient (Wildman–Crippen LogP) is 6.09. The van der Waals surface area contributed by atoms with E-state index in [1.807, 2.05) is 42.3 Å². The van der Waals surface area contributed by atoms with Crippen LogP contribution in [-0.2, 0) is 6.42 Å². The Hall–Kier alpha value is -4.34. The van der Waals surface area contributed by atoms with Crippen molar-refractivity contribution in [3.63, 3.8) is 0 Å². The molecule has 3 fully saturated rings. The molecule has 2 bridgehead atoms. The average Bonchev–Trinajstić information content (AvgIpc) is 3.23. The van der Waals surface area contributed by atoms with E-state index in [4.69, 9.17) is 21.3 Å². The van der Waals surface area contributed by atoms with Crippen LogP contribution in [0.25, 0.3) is 11.1 Å². The summed E-state index contributed by atoms with van der Waals surface area (Å²) in [5.41, 5.74) is 5.35. The summed E-state index contributed by atoms with van der Waals surface area (Å²) < 4.78 is 20.7. The number of aliphatic imine (C=N–C) groups is 1. The average molecular weight is 611 g/mol. The van der Waals surface area contributed by atoms with Crippen LogP contribution in [0.3, 0.4) is 0 Å². The lowest BCUT2D eigenvalue weighted by molar-refractivity contribution is 0.0162. The number of amides is 1. The van der Waals surface area contributed by atoms with Gasteiger partial charge in [-0.3, -0.25) is 4.79 Å². The summed E-state index contributed by atoms with van der Waals surface area (Å²) in [6.45, 7) is 3.24. The molecule has 0 spiro atoms. The Morgan fingerprint density at radius 2 is 1.91 bits per heavy atom. The minimum atomic E-state index is -0.421. The van der Waals surface area contributed by atoms with Crippen LogP contribution >= 0.6 is 11.6 Å². The number of ether oxygens (including phenoxy) is 1. The van der Waals surface area contributed by atoms with Crippen molar-refractivity contribution in [3.8, 4) is 5.75 Å². The van der Waals surface area contributed by atoms with Gasteiger partial charge >= 0.3 is 0 Å². The Kier molecular flexibility index (Phi) is 7.52. The number of aromatic nitrogens is 2. The van der Waals surface area contributed by atoms with Gasteiger partial charge in [0.2, 0.25) is 5.95 Å². The summed E-state index contributed by atoms with van der Waals surface area (Å²) in [5.74, 6) is 0.986. The lowest BCUT2D eigenvalue weighted by atomic mass is 9.83. The number of benzene rings is 2. The van der Waals surface area contributed by atoms with E-state index in [9.17, 15) is 4.79 Å². The number of carbonyl (C=O) groups excluding carboxylic acids is 1. The quantitative estimate of drug-likeness (QED) is 0.364.